The average molecular weight is 360 g/mol. The highest BCUT2D eigenvalue weighted by atomic mass is 16.2. The molecule has 1 aliphatic rings. The van der Waals surface area contributed by atoms with E-state index in [-0.39, 0.29) is 6.03 Å². The molecule has 5 nitrogen and oxygen atoms in total. The summed E-state index contributed by atoms with van der Waals surface area (Å²) < 4.78 is 2.12. The number of imidazole rings is 1. The van der Waals surface area contributed by atoms with Crippen molar-refractivity contribution in [2.75, 3.05) is 19.0 Å². The number of hydrogen-bond acceptors (Lipinski definition) is 2. The molecular formula is C22H24N4O. The molecule has 2 aromatic carbocycles. The van der Waals surface area contributed by atoms with E-state index in [4.69, 9.17) is 4.98 Å². The number of amides is 2. The zero-order chi connectivity index (χ0) is 19.3. The molecule has 1 aliphatic heterocycles. The Balaban J connectivity index is 2.00. The minimum Gasteiger partial charge on any atom is -0.330 e. The first-order valence-corrected chi connectivity index (χ1v) is 9.08. The van der Waals surface area contributed by atoms with Gasteiger partial charge in [-0.15, -0.1) is 0 Å². The molecule has 138 valence electrons. The predicted molar refractivity (Wildman–Crippen MR) is 108 cm³/mol. The van der Waals surface area contributed by atoms with Gasteiger partial charge in [0.05, 0.1) is 28.3 Å². The zero-order valence-electron chi connectivity index (χ0n) is 16.4. The van der Waals surface area contributed by atoms with Crippen LogP contribution in [0.5, 0.6) is 0 Å². The van der Waals surface area contributed by atoms with Crippen LogP contribution in [0, 0.1) is 6.92 Å². The molecule has 2 amide bonds. The molecule has 27 heavy (non-hydrogen) atoms. The number of rotatable bonds is 1. The third-order valence-electron chi connectivity index (χ3n) is 5.19. The fraction of sp³-hybridized carbons (Fsp3) is 0.273. The summed E-state index contributed by atoms with van der Waals surface area (Å²) in [6.45, 7) is 6.23. The van der Waals surface area contributed by atoms with Gasteiger partial charge in [-0.1, -0.05) is 42.0 Å². The third kappa shape index (κ3) is 2.53. The monoisotopic (exact) mass is 360 g/mol. The Hall–Kier alpha value is -3.08. The van der Waals surface area contributed by atoms with E-state index in [1.807, 2.05) is 35.5 Å². The second-order valence-corrected chi connectivity index (χ2v) is 7.74. The van der Waals surface area contributed by atoms with Crippen molar-refractivity contribution in [2.45, 2.75) is 26.3 Å². The quantitative estimate of drug-likeness (QED) is 0.637. The van der Waals surface area contributed by atoms with Gasteiger partial charge in [-0.2, -0.15) is 0 Å². The van der Waals surface area contributed by atoms with Crippen molar-refractivity contribution in [1.82, 2.24) is 14.5 Å². The Morgan fingerprint density at radius 3 is 2.26 bits per heavy atom. The van der Waals surface area contributed by atoms with Crippen molar-refractivity contribution < 1.29 is 4.79 Å². The van der Waals surface area contributed by atoms with Gasteiger partial charge >= 0.3 is 6.03 Å². The summed E-state index contributed by atoms with van der Waals surface area (Å²) in [5, 5.41) is 0. The summed E-state index contributed by atoms with van der Waals surface area (Å²) in [7, 11) is 3.57. The number of hydrogen-bond donors (Lipinski definition) is 0. The fourth-order valence-corrected chi connectivity index (χ4v) is 3.84. The molecule has 0 unspecified atom stereocenters. The first-order chi connectivity index (χ1) is 12.8. The SMILES string of the molecule is Cc1ccc(-c2ncn3c2C(C)(C)N(C(=O)N(C)C)c2ccccc2-3)cc1. The lowest BCUT2D eigenvalue weighted by molar-refractivity contribution is 0.215. The first kappa shape index (κ1) is 17.3. The normalized spacial score (nSPS) is 14.5. The molecule has 0 bridgehead atoms. The second kappa shape index (κ2) is 5.98. The standard InChI is InChI=1S/C22H24N4O/c1-15-10-12-16(13-11-15)19-20-22(2,3)26(21(27)24(4)5)18-9-7-6-8-17(18)25(20)14-23-19/h6-14H,1-5H3. The topological polar surface area (TPSA) is 41.4 Å². The van der Waals surface area contributed by atoms with Crippen LogP contribution in [-0.2, 0) is 5.54 Å². The maximum absolute atomic E-state index is 13.1. The van der Waals surface area contributed by atoms with E-state index < -0.39 is 5.54 Å². The van der Waals surface area contributed by atoms with E-state index in [1.165, 1.54) is 5.56 Å². The summed E-state index contributed by atoms with van der Waals surface area (Å²) in [5.74, 6) is 0. The molecule has 0 saturated carbocycles. The highest BCUT2D eigenvalue weighted by molar-refractivity contribution is 5.97. The number of carbonyl (C=O) groups excluding carboxylic acids is 1. The van der Waals surface area contributed by atoms with Gasteiger partial charge in [-0.05, 0) is 32.9 Å². The molecule has 0 radical (unpaired) electrons. The van der Waals surface area contributed by atoms with E-state index in [9.17, 15) is 4.79 Å². The molecule has 0 fully saturated rings. The maximum atomic E-state index is 13.1. The number of carbonyl (C=O) groups is 1. The molecule has 0 saturated heterocycles. The maximum Gasteiger partial charge on any atom is 0.324 e. The fourth-order valence-electron chi connectivity index (χ4n) is 3.84. The lowest BCUT2D eigenvalue weighted by Gasteiger charge is -2.45. The molecule has 0 N–H and O–H groups in total. The zero-order valence-corrected chi connectivity index (χ0v) is 16.4. The number of aromatic nitrogens is 2. The van der Waals surface area contributed by atoms with Crippen LogP contribution in [0.25, 0.3) is 16.9 Å². The number of urea groups is 1. The molecular weight excluding hydrogens is 336 g/mol. The summed E-state index contributed by atoms with van der Waals surface area (Å²) >= 11 is 0. The Morgan fingerprint density at radius 2 is 1.63 bits per heavy atom. The third-order valence-corrected chi connectivity index (χ3v) is 5.19. The van der Waals surface area contributed by atoms with Gasteiger partial charge in [-0.3, -0.25) is 9.47 Å². The van der Waals surface area contributed by atoms with Gasteiger partial charge < -0.3 is 4.90 Å². The van der Waals surface area contributed by atoms with Crippen molar-refractivity contribution >= 4 is 11.7 Å². The highest BCUT2D eigenvalue weighted by Gasteiger charge is 2.44. The van der Waals surface area contributed by atoms with Gasteiger partial charge in [0, 0.05) is 19.7 Å². The summed E-state index contributed by atoms with van der Waals surface area (Å²) in [4.78, 5) is 21.4. The van der Waals surface area contributed by atoms with E-state index in [2.05, 4.69) is 49.6 Å². The Morgan fingerprint density at radius 1 is 1.00 bits per heavy atom. The smallest absolute Gasteiger partial charge is 0.324 e. The molecule has 5 heteroatoms. The van der Waals surface area contributed by atoms with Crippen molar-refractivity contribution in [2.24, 2.45) is 0 Å². The van der Waals surface area contributed by atoms with Crippen LogP contribution >= 0.6 is 0 Å². The first-order valence-electron chi connectivity index (χ1n) is 9.08. The summed E-state index contributed by atoms with van der Waals surface area (Å²) in [6, 6.07) is 16.3. The molecule has 2 heterocycles. The lowest BCUT2D eigenvalue weighted by Crippen LogP contribution is -2.53. The number of nitrogens with zero attached hydrogens (tertiary/aromatic N) is 4. The second-order valence-electron chi connectivity index (χ2n) is 7.74. The summed E-state index contributed by atoms with van der Waals surface area (Å²) in [5.41, 5.74) is 5.48. The van der Waals surface area contributed by atoms with Gasteiger partial charge in [0.25, 0.3) is 0 Å². The van der Waals surface area contributed by atoms with Crippen molar-refractivity contribution in [3.8, 4) is 16.9 Å². The van der Waals surface area contributed by atoms with Crippen LogP contribution in [0.15, 0.2) is 54.9 Å². The van der Waals surface area contributed by atoms with Gasteiger partial charge in [-0.25, -0.2) is 9.78 Å². The van der Waals surface area contributed by atoms with Gasteiger partial charge in [0.1, 0.15) is 6.33 Å². The van der Waals surface area contributed by atoms with E-state index in [0.29, 0.717) is 0 Å². The van der Waals surface area contributed by atoms with Crippen LogP contribution in [0.2, 0.25) is 0 Å². The Bertz CT molecular complexity index is 1020. The summed E-state index contributed by atoms with van der Waals surface area (Å²) in [6.07, 6.45) is 1.86. The molecule has 0 aliphatic carbocycles. The number of aryl methyl sites for hydroxylation is 1. The van der Waals surface area contributed by atoms with Crippen molar-refractivity contribution in [1.29, 1.82) is 0 Å². The number of fused-ring (bicyclic) bond motifs is 3. The lowest BCUT2D eigenvalue weighted by atomic mass is 9.90. The average Bonchev–Trinajstić information content (AvgIpc) is 3.08. The Kier molecular flexibility index (Phi) is 3.84. The number of anilines is 1. The minimum absolute atomic E-state index is 0.0465. The molecule has 3 aromatic rings. The minimum atomic E-state index is -0.563. The van der Waals surface area contributed by atoms with E-state index in [0.717, 1.165) is 28.3 Å². The van der Waals surface area contributed by atoms with Crippen LogP contribution < -0.4 is 4.90 Å². The van der Waals surface area contributed by atoms with Crippen LogP contribution in [0.4, 0.5) is 10.5 Å². The highest BCUT2D eigenvalue weighted by Crippen LogP contribution is 2.45. The number of para-hydroxylation sites is 2. The van der Waals surface area contributed by atoms with Crippen LogP contribution in [0.1, 0.15) is 25.1 Å². The van der Waals surface area contributed by atoms with E-state index >= 15 is 0 Å². The van der Waals surface area contributed by atoms with Crippen LogP contribution in [-0.4, -0.2) is 34.6 Å². The molecule has 0 atom stereocenters. The molecule has 4 rings (SSSR count). The van der Waals surface area contributed by atoms with Crippen molar-refractivity contribution in [3.63, 3.8) is 0 Å². The Labute approximate surface area is 159 Å². The number of benzene rings is 2. The predicted octanol–water partition coefficient (Wildman–Crippen LogP) is 4.58. The largest absolute Gasteiger partial charge is 0.330 e. The van der Waals surface area contributed by atoms with Gasteiger partial charge in [0.2, 0.25) is 0 Å². The van der Waals surface area contributed by atoms with Gasteiger partial charge in [0.15, 0.2) is 0 Å². The molecule has 0 spiro atoms. The van der Waals surface area contributed by atoms with E-state index in [1.54, 1.807) is 19.0 Å². The molecule has 1 aromatic heterocycles. The van der Waals surface area contributed by atoms with Crippen molar-refractivity contribution in [3.05, 3.63) is 66.1 Å². The van der Waals surface area contributed by atoms with Crippen LogP contribution in [0.3, 0.4) is 0 Å².